The predicted molar refractivity (Wildman–Crippen MR) is 100 cm³/mol. The molecule has 0 bridgehead atoms. The number of phenolic OH excluding ortho intramolecular Hbond substituents is 1. The Balaban J connectivity index is 1.34. The van der Waals surface area contributed by atoms with Gasteiger partial charge in [-0.3, -0.25) is 9.69 Å². The summed E-state index contributed by atoms with van der Waals surface area (Å²) in [4.78, 5) is 14.5. The van der Waals surface area contributed by atoms with Crippen molar-refractivity contribution in [1.29, 1.82) is 0 Å². The molecule has 1 saturated carbocycles. The summed E-state index contributed by atoms with van der Waals surface area (Å²) >= 11 is 0. The molecule has 2 aromatic rings. The van der Waals surface area contributed by atoms with Gasteiger partial charge in [0.15, 0.2) is 17.4 Å². The number of nitrogens with zero attached hydrogens (tertiary/aromatic N) is 1. The molecule has 1 saturated heterocycles. The first-order valence-corrected chi connectivity index (χ1v) is 9.52. The first-order valence-electron chi connectivity index (χ1n) is 9.52. The topological polar surface area (TPSA) is 60.8 Å². The first-order chi connectivity index (χ1) is 13.3. The summed E-state index contributed by atoms with van der Waals surface area (Å²) in [7, 11) is 0. The fraction of sp³-hybridized carbons (Fsp3) is 0.409. The van der Waals surface area contributed by atoms with E-state index in [9.17, 15) is 23.8 Å². The van der Waals surface area contributed by atoms with Gasteiger partial charge in [-0.2, -0.15) is 0 Å². The Bertz CT molecular complexity index is 870. The zero-order chi connectivity index (χ0) is 19.9. The Kier molecular flexibility index (Phi) is 4.93. The number of hydrogen-bond donors (Lipinski definition) is 2. The van der Waals surface area contributed by atoms with Crippen molar-refractivity contribution >= 4 is 5.78 Å². The van der Waals surface area contributed by atoms with E-state index in [1.54, 1.807) is 12.1 Å². The standard InChI is InChI=1S/C22H23F2NO3/c23-19-6-1-14(7-20(19)24)8-22(28)9-16-11-25(12-17(16)10-22)13-21(27)15-2-4-18(26)5-3-15/h1-7,16-17,26,28H,8-13H2. The van der Waals surface area contributed by atoms with Gasteiger partial charge in [-0.15, -0.1) is 0 Å². The SMILES string of the molecule is O=C(CN1CC2CC(O)(Cc3ccc(F)c(F)c3)CC2C1)c1ccc(O)cc1. The summed E-state index contributed by atoms with van der Waals surface area (Å²) in [5, 5.41) is 20.3. The van der Waals surface area contributed by atoms with Crippen LogP contribution in [0.2, 0.25) is 0 Å². The van der Waals surface area contributed by atoms with E-state index in [4.69, 9.17) is 0 Å². The highest BCUT2D eigenvalue weighted by atomic mass is 19.2. The van der Waals surface area contributed by atoms with Crippen LogP contribution >= 0.6 is 0 Å². The number of aromatic hydroxyl groups is 1. The van der Waals surface area contributed by atoms with E-state index in [0.29, 0.717) is 48.8 Å². The Morgan fingerprint density at radius 1 is 1.04 bits per heavy atom. The number of carbonyl (C=O) groups excluding carboxylic acids is 1. The number of fused-ring (bicyclic) bond motifs is 1. The van der Waals surface area contributed by atoms with E-state index < -0.39 is 17.2 Å². The Hall–Kier alpha value is -2.31. The van der Waals surface area contributed by atoms with Crippen LogP contribution in [0, 0.1) is 23.5 Å². The van der Waals surface area contributed by atoms with Gasteiger partial charge in [-0.25, -0.2) is 8.78 Å². The number of halogens is 2. The Morgan fingerprint density at radius 2 is 1.68 bits per heavy atom. The number of benzene rings is 2. The summed E-state index contributed by atoms with van der Waals surface area (Å²) in [6.07, 6.45) is 1.50. The highest BCUT2D eigenvalue weighted by molar-refractivity contribution is 5.97. The fourth-order valence-electron chi connectivity index (χ4n) is 4.80. The van der Waals surface area contributed by atoms with Crippen molar-refractivity contribution < 1.29 is 23.8 Å². The van der Waals surface area contributed by atoms with E-state index >= 15 is 0 Å². The molecule has 0 radical (unpaired) electrons. The third kappa shape index (κ3) is 3.93. The first kappa shape index (κ1) is 19.0. The van der Waals surface area contributed by atoms with Crippen molar-refractivity contribution in [1.82, 2.24) is 4.90 Å². The van der Waals surface area contributed by atoms with Gasteiger partial charge in [0.2, 0.25) is 0 Å². The molecule has 2 N–H and O–H groups in total. The molecule has 1 aliphatic carbocycles. The van der Waals surface area contributed by atoms with Gasteiger partial charge in [0.1, 0.15) is 5.75 Å². The zero-order valence-corrected chi connectivity index (χ0v) is 15.4. The van der Waals surface area contributed by atoms with Crippen LogP contribution in [0.15, 0.2) is 42.5 Å². The maximum atomic E-state index is 13.4. The van der Waals surface area contributed by atoms with Crippen molar-refractivity contribution in [2.75, 3.05) is 19.6 Å². The molecule has 148 valence electrons. The molecule has 2 aliphatic rings. The number of aliphatic hydroxyl groups is 1. The average Bonchev–Trinajstić information content (AvgIpc) is 3.12. The number of carbonyl (C=O) groups is 1. The molecule has 4 rings (SSSR count). The lowest BCUT2D eigenvalue weighted by atomic mass is 9.91. The minimum Gasteiger partial charge on any atom is -0.508 e. The second-order valence-corrected chi connectivity index (χ2v) is 8.24. The lowest BCUT2D eigenvalue weighted by Gasteiger charge is -2.26. The molecule has 0 amide bonds. The lowest BCUT2D eigenvalue weighted by molar-refractivity contribution is 0.0355. The van der Waals surface area contributed by atoms with Crippen LogP contribution < -0.4 is 0 Å². The molecule has 1 heterocycles. The number of likely N-dealkylation sites (tertiary alicyclic amines) is 1. The third-order valence-electron chi connectivity index (χ3n) is 6.01. The van der Waals surface area contributed by atoms with E-state index in [1.165, 1.54) is 18.2 Å². The van der Waals surface area contributed by atoms with Gasteiger partial charge in [-0.1, -0.05) is 6.07 Å². The molecule has 4 nitrogen and oxygen atoms in total. The molecular formula is C22H23F2NO3. The number of ketones is 1. The second-order valence-electron chi connectivity index (χ2n) is 8.24. The predicted octanol–water partition coefficient (Wildman–Crippen LogP) is 3.17. The molecule has 28 heavy (non-hydrogen) atoms. The van der Waals surface area contributed by atoms with Crippen LogP contribution in [0.25, 0.3) is 0 Å². The van der Waals surface area contributed by atoms with Crippen LogP contribution in [0.1, 0.15) is 28.8 Å². The second kappa shape index (κ2) is 7.26. The van der Waals surface area contributed by atoms with Crippen LogP contribution in [0.4, 0.5) is 8.78 Å². The molecule has 2 atom stereocenters. The molecular weight excluding hydrogens is 364 g/mol. The summed E-state index contributed by atoms with van der Waals surface area (Å²) in [6.45, 7) is 1.81. The Morgan fingerprint density at radius 3 is 2.29 bits per heavy atom. The van der Waals surface area contributed by atoms with Gasteiger partial charge < -0.3 is 10.2 Å². The highest BCUT2D eigenvalue weighted by Crippen LogP contribution is 2.45. The lowest BCUT2D eigenvalue weighted by Crippen LogP contribution is -2.34. The van der Waals surface area contributed by atoms with E-state index in [0.717, 1.165) is 25.2 Å². The smallest absolute Gasteiger partial charge is 0.176 e. The minimum atomic E-state index is -0.910. The largest absolute Gasteiger partial charge is 0.508 e. The van der Waals surface area contributed by atoms with Gasteiger partial charge in [0.05, 0.1) is 12.1 Å². The quantitative estimate of drug-likeness (QED) is 0.774. The number of rotatable bonds is 5. The summed E-state index contributed by atoms with van der Waals surface area (Å²) in [5.41, 5.74) is 0.262. The summed E-state index contributed by atoms with van der Waals surface area (Å²) < 4.78 is 26.5. The molecule has 1 aliphatic heterocycles. The van der Waals surface area contributed by atoms with Crippen LogP contribution in [-0.2, 0) is 6.42 Å². The molecule has 6 heteroatoms. The Labute approximate surface area is 162 Å². The van der Waals surface area contributed by atoms with Gasteiger partial charge in [0.25, 0.3) is 0 Å². The highest BCUT2D eigenvalue weighted by Gasteiger charge is 2.48. The molecule has 2 unspecified atom stereocenters. The fourth-order valence-corrected chi connectivity index (χ4v) is 4.80. The summed E-state index contributed by atoms with van der Waals surface area (Å²) in [5.74, 6) is -1.04. The van der Waals surface area contributed by atoms with Crippen molar-refractivity contribution in [2.24, 2.45) is 11.8 Å². The van der Waals surface area contributed by atoms with Gasteiger partial charge in [-0.05, 0) is 66.6 Å². The maximum absolute atomic E-state index is 13.4. The van der Waals surface area contributed by atoms with Gasteiger partial charge >= 0.3 is 0 Å². The van der Waals surface area contributed by atoms with Crippen molar-refractivity contribution in [3.05, 3.63) is 65.2 Å². The number of Topliss-reactive ketones (excluding diaryl/α,β-unsaturated/α-hetero) is 1. The number of phenols is 1. The summed E-state index contributed by atoms with van der Waals surface area (Å²) in [6, 6.07) is 10.0. The monoisotopic (exact) mass is 387 g/mol. The molecule has 2 aromatic carbocycles. The van der Waals surface area contributed by atoms with Crippen molar-refractivity contribution in [2.45, 2.75) is 24.9 Å². The van der Waals surface area contributed by atoms with Crippen LogP contribution in [0.3, 0.4) is 0 Å². The third-order valence-corrected chi connectivity index (χ3v) is 6.01. The molecule has 0 spiro atoms. The van der Waals surface area contributed by atoms with Gasteiger partial charge in [0, 0.05) is 25.1 Å². The van der Waals surface area contributed by atoms with Crippen molar-refractivity contribution in [3.8, 4) is 5.75 Å². The molecule has 0 aromatic heterocycles. The van der Waals surface area contributed by atoms with E-state index in [2.05, 4.69) is 4.90 Å². The average molecular weight is 387 g/mol. The van der Waals surface area contributed by atoms with Crippen LogP contribution in [0.5, 0.6) is 5.75 Å². The number of hydrogen-bond acceptors (Lipinski definition) is 4. The molecule has 2 fully saturated rings. The van der Waals surface area contributed by atoms with E-state index in [-0.39, 0.29) is 11.5 Å². The normalized spacial score (nSPS) is 27.1. The van der Waals surface area contributed by atoms with E-state index in [1.807, 2.05) is 0 Å². The van der Waals surface area contributed by atoms with Crippen LogP contribution in [-0.4, -0.2) is 46.1 Å². The zero-order valence-electron chi connectivity index (χ0n) is 15.4. The maximum Gasteiger partial charge on any atom is 0.176 e. The van der Waals surface area contributed by atoms with Crippen molar-refractivity contribution in [3.63, 3.8) is 0 Å². The minimum absolute atomic E-state index is 0.0111.